The van der Waals surface area contributed by atoms with Gasteiger partial charge in [0.1, 0.15) is 6.29 Å². The molecule has 0 aliphatic carbocycles. The molecule has 1 atom stereocenters. The van der Waals surface area contributed by atoms with E-state index in [0.29, 0.717) is 0 Å². The van der Waals surface area contributed by atoms with Crippen molar-refractivity contribution < 1.29 is 19.1 Å². The highest BCUT2D eigenvalue weighted by atomic mass is 31.2. The molecule has 0 spiro atoms. The van der Waals surface area contributed by atoms with Gasteiger partial charge in [-0.1, -0.05) is 0 Å². The summed E-state index contributed by atoms with van der Waals surface area (Å²) < 4.78 is 15.5. The Kier molecular flexibility index (Phi) is 4.88. The molecule has 0 heterocycles. The molecule has 68 valence electrons. The minimum absolute atomic E-state index is 0.0208. The van der Waals surface area contributed by atoms with E-state index in [1.807, 2.05) is 0 Å². The van der Waals surface area contributed by atoms with Gasteiger partial charge in [0.25, 0.3) is 0 Å². The quantitative estimate of drug-likeness (QED) is 0.572. The molecule has 6 heteroatoms. The molecule has 0 amide bonds. The van der Waals surface area contributed by atoms with Crippen molar-refractivity contribution in [1.29, 1.82) is 0 Å². The summed E-state index contributed by atoms with van der Waals surface area (Å²) in [5.74, 6) is 0. The number of nitrogens with zero attached hydrogens (tertiary/aromatic N) is 1. The molecule has 0 saturated carbocycles. The lowest BCUT2D eigenvalue weighted by Gasteiger charge is -2.15. The molecule has 0 aliphatic heterocycles. The number of rotatable bonds is 5. The Morgan fingerprint density at radius 1 is 1.55 bits per heavy atom. The number of aliphatic hydroxyl groups is 1. The van der Waals surface area contributed by atoms with E-state index in [-0.39, 0.29) is 19.5 Å². The first-order valence-corrected chi connectivity index (χ1v) is 4.96. The molecule has 11 heavy (non-hydrogen) atoms. The van der Waals surface area contributed by atoms with Crippen LogP contribution in [0, 0.1) is 0 Å². The van der Waals surface area contributed by atoms with E-state index in [1.165, 1.54) is 0 Å². The largest absolute Gasteiger partial charge is 0.394 e. The smallest absolute Gasteiger partial charge is 0.342 e. The molecular weight excluding hydrogens is 169 g/mol. The van der Waals surface area contributed by atoms with E-state index in [9.17, 15) is 4.57 Å². The van der Waals surface area contributed by atoms with Crippen LogP contribution >= 0.6 is 7.60 Å². The van der Waals surface area contributed by atoms with Crippen LogP contribution in [0.15, 0.2) is 0 Å². The summed E-state index contributed by atoms with van der Waals surface area (Å²) in [6, 6.07) is 0. The molecule has 0 fully saturated rings. The lowest BCUT2D eigenvalue weighted by molar-refractivity contribution is 0.178. The number of hydrogen-bond acceptors (Lipinski definition) is 4. The highest BCUT2D eigenvalue weighted by molar-refractivity contribution is 7.52. The zero-order valence-corrected chi connectivity index (χ0v) is 7.62. The average molecular weight is 183 g/mol. The van der Waals surface area contributed by atoms with Crippen molar-refractivity contribution in [3.8, 4) is 0 Å². The molecule has 0 aromatic carbocycles. The maximum absolute atomic E-state index is 11.0. The molecule has 0 radical (unpaired) electrons. The Morgan fingerprint density at radius 2 is 2.09 bits per heavy atom. The van der Waals surface area contributed by atoms with Crippen LogP contribution in [-0.4, -0.2) is 48.5 Å². The average Bonchev–Trinajstić information content (AvgIpc) is 1.81. The summed E-state index contributed by atoms with van der Waals surface area (Å²) in [7, 11) is -0.156. The first kappa shape index (κ1) is 11.1. The third kappa shape index (κ3) is 6.47. The van der Waals surface area contributed by atoms with Crippen LogP contribution in [0.1, 0.15) is 0 Å². The molecule has 0 aromatic heterocycles. The minimum atomic E-state index is -3.50. The Bertz CT molecular complexity index is 149. The van der Waals surface area contributed by atoms with Gasteiger partial charge in [-0.3, -0.25) is 9.46 Å². The minimum Gasteiger partial charge on any atom is -0.394 e. The molecule has 0 aliphatic rings. The summed E-state index contributed by atoms with van der Waals surface area (Å²) in [5.41, 5.74) is 0. The van der Waals surface area contributed by atoms with Gasteiger partial charge in [0, 0.05) is 0 Å². The van der Waals surface area contributed by atoms with Gasteiger partial charge in [0.05, 0.1) is 13.2 Å². The zero-order chi connectivity index (χ0) is 8.91. The fourth-order valence-corrected chi connectivity index (χ4v) is 1.75. The van der Waals surface area contributed by atoms with Gasteiger partial charge in [-0.15, -0.1) is 0 Å². The van der Waals surface area contributed by atoms with E-state index in [4.69, 9.17) is 10.00 Å². The maximum Gasteiger partial charge on any atom is 0.342 e. The summed E-state index contributed by atoms with van der Waals surface area (Å²) >= 11 is 0. The van der Waals surface area contributed by atoms with Gasteiger partial charge in [0.15, 0.2) is 0 Å². The fourth-order valence-electron chi connectivity index (χ4n) is 0.582. The predicted molar refractivity (Wildman–Crippen MR) is 41.4 cm³/mol. The normalized spacial score (nSPS) is 16.8. The molecule has 0 rings (SSSR count). The van der Waals surface area contributed by atoms with Gasteiger partial charge >= 0.3 is 7.60 Å². The van der Waals surface area contributed by atoms with E-state index in [2.05, 4.69) is 4.52 Å². The van der Waals surface area contributed by atoms with E-state index in [1.54, 1.807) is 19.0 Å². The zero-order valence-electron chi connectivity index (χ0n) is 6.73. The molecule has 2 N–H and O–H groups in total. The Labute approximate surface area is 66.1 Å². The van der Waals surface area contributed by atoms with Crippen LogP contribution in [0.4, 0.5) is 0 Å². The van der Waals surface area contributed by atoms with Gasteiger partial charge in [-0.25, -0.2) is 0 Å². The van der Waals surface area contributed by atoms with Crippen molar-refractivity contribution in [3.63, 3.8) is 0 Å². The van der Waals surface area contributed by atoms with Crippen LogP contribution in [0.3, 0.4) is 0 Å². The second kappa shape index (κ2) is 4.85. The van der Waals surface area contributed by atoms with Crippen molar-refractivity contribution in [2.45, 2.75) is 0 Å². The lowest BCUT2D eigenvalue weighted by Crippen LogP contribution is -2.15. The first-order chi connectivity index (χ1) is 4.98. The predicted octanol–water partition coefficient (Wildman–Crippen LogP) is -0.300. The fraction of sp³-hybridized carbons (Fsp3) is 1.00. The van der Waals surface area contributed by atoms with Crippen molar-refractivity contribution in [1.82, 2.24) is 4.90 Å². The Morgan fingerprint density at radius 3 is 2.45 bits per heavy atom. The van der Waals surface area contributed by atoms with Crippen molar-refractivity contribution in [2.24, 2.45) is 0 Å². The summed E-state index contributed by atoms with van der Waals surface area (Å²) in [4.78, 5) is 10.6. The van der Waals surface area contributed by atoms with E-state index < -0.39 is 7.60 Å². The highest BCUT2D eigenvalue weighted by Crippen LogP contribution is 2.41. The van der Waals surface area contributed by atoms with Crippen LogP contribution in [0.5, 0.6) is 0 Å². The summed E-state index contributed by atoms with van der Waals surface area (Å²) in [6.07, 6.45) is -0.0208. The van der Waals surface area contributed by atoms with Crippen molar-refractivity contribution in [2.75, 3.05) is 33.6 Å². The van der Waals surface area contributed by atoms with Crippen molar-refractivity contribution in [3.05, 3.63) is 0 Å². The SMILES string of the molecule is CN(C)CP(=O)(O)OCCO. The van der Waals surface area contributed by atoms with E-state index >= 15 is 0 Å². The van der Waals surface area contributed by atoms with Crippen LogP contribution in [0.25, 0.3) is 0 Å². The molecule has 5 nitrogen and oxygen atoms in total. The van der Waals surface area contributed by atoms with Gasteiger partial charge in [0.2, 0.25) is 0 Å². The number of hydrogen-bond donors (Lipinski definition) is 2. The maximum atomic E-state index is 11.0. The second-order valence-electron chi connectivity index (χ2n) is 2.42. The van der Waals surface area contributed by atoms with Gasteiger partial charge in [-0.05, 0) is 14.1 Å². The second-order valence-corrected chi connectivity index (χ2v) is 4.23. The van der Waals surface area contributed by atoms with E-state index in [0.717, 1.165) is 0 Å². The van der Waals surface area contributed by atoms with Gasteiger partial charge < -0.3 is 14.5 Å². The third-order valence-corrected chi connectivity index (χ3v) is 2.36. The topological polar surface area (TPSA) is 70.0 Å². The molecular formula is C5H14NO4P. The van der Waals surface area contributed by atoms with Crippen LogP contribution < -0.4 is 0 Å². The third-order valence-electron chi connectivity index (χ3n) is 0.846. The first-order valence-electron chi connectivity index (χ1n) is 3.20. The highest BCUT2D eigenvalue weighted by Gasteiger charge is 2.19. The van der Waals surface area contributed by atoms with Crippen LogP contribution in [-0.2, 0) is 9.09 Å². The summed E-state index contributed by atoms with van der Waals surface area (Å²) in [5, 5.41) is 8.29. The van der Waals surface area contributed by atoms with Crippen LogP contribution in [0.2, 0.25) is 0 Å². The molecule has 1 unspecified atom stereocenters. The standard InChI is InChI=1S/C5H14NO4P/c1-6(2)5-11(8,9)10-4-3-7/h7H,3-5H2,1-2H3,(H,8,9). The Hall–Kier alpha value is 0.0700. The lowest BCUT2D eigenvalue weighted by atomic mass is 10.8. The molecule has 0 saturated heterocycles. The Balaban J connectivity index is 3.71. The molecule has 0 bridgehead atoms. The van der Waals surface area contributed by atoms with Crippen molar-refractivity contribution >= 4 is 7.60 Å². The van der Waals surface area contributed by atoms with Gasteiger partial charge in [-0.2, -0.15) is 0 Å². The summed E-state index contributed by atoms with van der Waals surface area (Å²) in [6.45, 7) is -0.334. The monoisotopic (exact) mass is 183 g/mol. The number of aliphatic hydroxyl groups excluding tert-OH is 1. The molecule has 0 aromatic rings.